The highest BCUT2D eigenvalue weighted by atomic mass is 16.3. The fraction of sp³-hybridized carbons (Fsp3) is 0.500. The lowest BCUT2D eigenvalue weighted by molar-refractivity contribution is -0.131. The van der Waals surface area contributed by atoms with Crippen LogP contribution in [0.3, 0.4) is 0 Å². The predicted molar refractivity (Wildman–Crippen MR) is 83.0 cm³/mol. The third-order valence-corrected chi connectivity index (χ3v) is 3.25. The van der Waals surface area contributed by atoms with Gasteiger partial charge in [-0.05, 0) is 24.1 Å². The Morgan fingerprint density at radius 1 is 1.10 bits per heavy atom. The molecule has 5 heteroatoms. The molecule has 1 aromatic rings. The van der Waals surface area contributed by atoms with E-state index in [2.05, 4.69) is 5.32 Å². The summed E-state index contributed by atoms with van der Waals surface area (Å²) < 4.78 is 0. The fourth-order valence-electron chi connectivity index (χ4n) is 1.97. The second-order valence-corrected chi connectivity index (χ2v) is 4.81. The molecule has 21 heavy (non-hydrogen) atoms. The monoisotopic (exact) mass is 292 g/mol. The number of hydrogen-bond acceptors (Lipinski definition) is 3. The van der Waals surface area contributed by atoms with Crippen molar-refractivity contribution in [2.45, 2.75) is 33.1 Å². The average molecular weight is 292 g/mol. The van der Waals surface area contributed by atoms with E-state index in [4.69, 9.17) is 5.11 Å². The van der Waals surface area contributed by atoms with Crippen LogP contribution in [0.2, 0.25) is 0 Å². The molecular formula is C16H24N2O3. The van der Waals surface area contributed by atoms with Gasteiger partial charge < -0.3 is 15.3 Å². The van der Waals surface area contributed by atoms with E-state index < -0.39 is 0 Å². The Balaban J connectivity index is 2.54. The van der Waals surface area contributed by atoms with E-state index in [1.165, 1.54) is 0 Å². The first-order valence-electron chi connectivity index (χ1n) is 7.38. The van der Waals surface area contributed by atoms with E-state index in [1.807, 2.05) is 38.1 Å². The van der Waals surface area contributed by atoms with Crippen LogP contribution in [0.25, 0.3) is 0 Å². The molecule has 0 aliphatic carbocycles. The largest absolute Gasteiger partial charge is 0.395 e. The van der Waals surface area contributed by atoms with E-state index >= 15 is 0 Å². The van der Waals surface area contributed by atoms with E-state index in [1.54, 1.807) is 4.90 Å². The minimum absolute atomic E-state index is 0.00888. The summed E-state index contributed by atoms with van der Waals surface area (Å²) in [6.07, 6.45) is 1.63. The van der Waals surface area contributed by atoms with Crippen LogP contribution in [-0.4, -0.2) is 41.5 Å². The van der Waals surface area contributed by atoms with E-state index in [9.17, 15) is 9.59 Å². The van der Waals surface area contributed by atoms with Gasteiger partial charge in [-0.15, -0.1) is 0 Å². The van der Waals surface area contributed by atoms with Crippen molar-refractivity contribution in [2.24, 2.45) is 0 Å². The number of aliphatic hydroxyl groups is 1. The molecule has 5 nitrogen and oxygen atoms in total. The van der Waals surface area contributed by atoms with Crippen molar-refractivity contribution in [3.05, 3.63) is 29.8 Å². The molecule has 0 aliphatic rings. The van der Waals surface area contributed by atoms with Gasteiger partial charge in [-0.25, -0.2) is 0 Å². The first-order valence-corrected chi connectivity index (χ1v) is 7.38. The van der Waals surface area contributed by atoms with Gasteiger partial charge in [0.2, 0.25) is 11.8 Å². The molecule has 2 N–H and O–H groups in total. The number of hydrogen-bond donors (Lipinski definition) is 2. The van der Waals surface area contributed by atoms with Crippen LogP contribution in [0.1, 0.15) is 32.3 Å². The Morgan fingerprint density at radius 3 is 2.29 bits per heavy atom. The Bertz CT molecular complexity index is 457. The summed E-state index contributed by atoms with van der Waals surface area (Å²) in [5, 5.41) is 11.8. The van der Waals surface area contributed by atoms with Crippen molar-refractivity contribution in [2.75, 3.05) is 25.0 Å². The van der Waals surface area contributed by atoms with Crippen LogP contribution < -0.4 is 5.32 Å². The molecule has 0 bridgehead atoms. The number of benzene rings is 1. The molecule has 0 saturated carbocycles. The molecule has 0 aliphatic heterocycles. The number of amides is 2. The highest BCUT2D eigenvalue weighted by Crippen LogP contribution is 2.11. The van der Waals surface area contributed by atoms with Crippen molar-refractivity contribution >= 4 is 17.5 Å². The summed E-state index contributed by atoms with van der Waals surface area (Å²) in [5.74, 6) is 0.0429. The van der Waals surface area contributed by atoms with Crippen LogP contribution in [-0.2, 0) is 16.0 Å². The lowest BCUT2D eigenvalue weighted by atomic mass is 10.1. The highest BCUT2D eigenvalue weighted by Gasteiger charge is 2.10. The van der Waals surface area contributed by atoms with Crippen LogP contribution in [0.15, 0.2) is 24.3 Å². The lowest BCUT2D eigenvalue weighted by Gasteiger charge is -2.21. The summed E-state index contributed by atoms with van der Waals surface area (Å²) in [4.78, 5) is 24.7. The SMILES string of the molecule is CCC(=O)Nc1ccc(CCN(CCO)C(=O)CC)cc1. The molecule has 0 fully saturated rings. The zero-order chi connectivity index (χ0) is 15.7. The molecule has 1 rings (SSSR count). The van der Waals surface area contributed by atoms with Crippen LogP contribution in [0, 0.1) is 0 Å². The Hall–Kier alpha value is -1.88. The minimum Gasteiger partial charge on any atom is -0.395 e. The number of rotatable bonds is 8. The number of anilines is 1. The molecule has 0 aromatic heterocycles. The van der Waals surface area contributed by atoms with Gasteiger partial charge >= 0.3 is 0 Å². The summed E-state index contributed by atoms with van der Waals surface area (Å²) >= 11 is 0. The predicted octanol–water partition coefficient (Wildman–Crippen LogP) is 1.81. The van der Waals surface area contributed by atoms with Crippen molar-refractivity contribution in [1.29, 1.82) is 0 Å². The first-order chi connectivity index (χ1) is 10.1. The van der Waals surface area contributed by atoms with Crippen LogP contribution in [0.5, 0.6) is 0 Å². The first kappa shape index (κ1) is 17.2. The van der Waals surface area contributed by atoms with Gasteiger partial charge in [-0.2, -0.15) is 0 Å². The molecule has 0 atom stereocenters. The maximum Gasteiger partial charge on any atom is 0.224 e. The number of carbonyl (C=O) groups is 2. The maximum absolute atomic E-state index is 11.7. The summed E-state index contributed by atoms with van der Waals surface area (Å²) in [5.41, 5.74) is 1.87. The van der Waals surface area contributed by atoms with E-state index in [-0.39, 0.29) is 18.4 Å². The third kappa shape index (κ3) is 5.95. The molecule has 0 saturated heterocycles. The average Bonchev–Trinajstić information content (AvgIpc) is 2.51. The van der Waals surface area contributed by atoms with Crippen molar-refractivity contribution in [1.82, 2.24) is 4.90 Å². The van der Waals surface area contributed by atoms with Gasteiger partial charge in [0.1, 0.15) is 0 Å². The minimum atomic E-state index is -0.0201. The number of aliphatic hydroxyl groups excluding tert-OH is 1. The number of nitrogens with zero attached hydrogens (tertiary/aromatic N) is 1. The summed E-state index contributed by atoms with van der Waals surface area (Å²) in [6.45, 7) is 4.57. The van der Waals surface area contributed by atoms with Crippen molar-refractivity contribution in [3.8, 4) is 0 Å². The molecule has 116 valence electrons. The van der Waals surface area contributed by atoms with Crippen molar-refractivity contribution in [3.63, 3.8) is 0 Å². The Morgan fingerprint density at radius 2 is 1.76 bits per heavy atom. The molecule has 0 unspecified atom stereocenters. The van der Waals surface area contributed by atoms with Gasteiger partial charge in [0.05, 0.1) is 6.61 Å². The zero-order valence-corrected chi connectivity index (χ0v) is 12.8. The molecule has 2 amide bonds. The fourth-order valence-corrected chi connectivity index (χ4v) is 1.97. The van der Waals surface area contributed by atoms with Gasteiger partial charge in [-0.1, -0.05) is 26.0 Å². The van der Waals surface area contributed by atoms with Crippen molar-refractivity contribution < 1.29 is 14.7 Å². The number of carbonyl (C=O) groups excluding carboxylic acids is 2. The Labute approximate surface area is 126 Å². The van der Waals surface area contributed by atoms with Gasteiger partial charge in [0.25, 0.3) is 0 Å². The summed E-state index contributed by atoms with van der Waals surface area (Å²) in [6, 6.07) is 7.61. The highest BCUT2D eigenvalue weighted by molar-refractivity contribution is 5.90. The van der Waals surface area contributed by atoms with E-state index in [0.29, 0.717) is 25.9 Å². The maximum atomic E-state index is 11.7. The van der Waals surface area contributed by atoms with Gasteiger partial charge in [-0.3, -0.25) is 9.59 Å². The van der Waals surface area contributed by atoms with Crippen LogP contribution >= 0.6 is 0 Å². The van der Waals surface area contributed by atoms with Gasteiger partial charge in [0, 0.05) is 31.6 Å². The summed E-state index contributed by atoms with van der Waals surface area (Å²) in [7, 11) is 0. The van der Waals surface area contributed by atoms with E-state index in [0.717, 1.165) is 17.7 Å². The lowest BCUT2D eigenvalue weighted by Crippen LogP contribution is -2.34. The topological polar surface area (TPSA) is 69.6 Å². The second kappa shape index (κ2) is 9.13. The normalized spacial score (nSPS) is 10.2. The second-order valence-electron chi connectivity index (χ2n) is 4.81. The third-order valence-electron chi connectivity index (χ3n) is 3.25. The smallest absolute Gasteiger partial charge is 0.224 e. The number of nitrogens with one attached hydrogen (secondary N) is 1. The Kier molecular flexibility index (Phi) is 7.46. The zero-order valence-electron chi connectivity index (χ0n) is 12.8. The molecule has 0 radical (unpaired) electrons. The quantitative estimate of drug-likeness (QED) is 0.767. The molecule has 1 aromatic carbocycles. The molecule has 0 heterocycles. The molecular weight excluding hydrogens is 268 g/mol. The van der Waals surface area contributed by atoms with Crippen LogP contribution in [0.4, 0.5) is 5.69 Å². The standard InChI is InChI=1S/C16H24N2O3/c1-3-15(20)17-14-7-5-13(6-8-14)9-10-18(11-12-19)16(21)4-2/h5-8,19H,3-4,9-12H2,1-2H3,(H,17,20). The van der Waals surface area contributed by atoms with Gasteiger partial charge in [0.15, 0.2) is 0 Å². The molecule has 0 spiro atoms.